The van der Waals surface area contributed by atoms with Crippen LogP contribution in [0.1, 0.15) is 56.6 Å². The second-order valence-corrected chi connectivity index (χ2v) is 10.2. The van der Waals surface area contributed by atoms with E-state index in [1.54, 1.807) is 31.2 Å². The van der Waals surface area contributed by atoms with E-state index in [1.807, 2.05) is 30.3 Å². The monoisotopic (exact) mass is 478 g/mol. The van der Waals surface area contributed by atoms with Crippen LogP contribution in [0.2, 0.25) is 0 Å². The summed E-state index contributed by atoms with van der Waals surface area (Å²) in [5, 5.41) is 23.9. The predicted molar refractivity (Wildman–Crippen MR) is 137 cm³/mol. The van der Waals surface area contributed by atoms with Gasteiger partial charge in [0, 0.05) is 19.0 Å². The van der Waals surface area contributed by atoms with E-state index >= 15 is 0 Å². The zero-order valence-electron chi connectivity index (χ0n) is 20.7. The molecule has 2 bridgehead atoms. The highest BCUT2D eigenvalue weighted by molar-refractivity contribution is 5.90. The fraction of sp³-hybridized carbons (Fsp3) is 0.483. The first kappa shape index (κ1) is 26.6. The van der Waals surface area contributed by atoms with Crippen molar-refractivity contribution in [1.29, 1.82) is 0 Å². The Bertz CT molecular complexity index is 995. The highest BCUT2D eigenvalue weighted by Crippen LogP contribution is 2.44. The Morgan fingerprint density at radius 1 is 1.03 bits per heavy atom. The van der Waals surface area contributed by atoms with Gasteiger partial charge in [-0.3, -0.25) is 9.69 Å². The maximum atomic E-state index is 13.7. The Morgan fingerprint density at radius 3 is 2.46 bits per heavy atom. The molecule has 0 aliphatic heterocycles. The lowest BCUT2D eigenvalue weighted by molar-refractivity contribution is -0.134. The van der Waals surface area contributed by atoms with Gasteiger partial charge in [-0.1, -0.05) is 68.8 Å². The molecule has 0 saturated heterocycles. The molecule has 2 amide bonds. The third-order valence-corrected chi connectivity index (χ3v) is 7.87. The van der Waals surface area contributed by atoms with Gasteiger partial charge in [-0.15, -0.1) is 0 Å². The van der Waals surface area contributed by atoms with Crippen molar-refractivity contribution in [3.05, 3.63) is 73.2 Å². The number of amides is 2. The number of rotatable bonds is 8. The van der Waals surface area contributed by atoms with E-state index in [1.165, 1.54) is 11.3 Å². The molecule has 2 aliphatic carbocycles. The lowest BCUT2D eigenvalue weighted by Crippen LogP contribution is -2.65. The number of carbonyl (C=O) groups excluding carboxylic acids is 1. The molecule has 4 rings (SSSR count). The molecule has 0 heterocycles. The number of carboxylic acid groups (broad SMARTS) is 1. The minimum Gasteiger partial charge on any atom is -0.508 e. The second-order valence-electron chi connectivity index (χ2n) is 10.2. The molecule has 4 unspecified atom stereocenters. The number of para-hydroxylation sites is 1. The molecule has 188 valence electrons. The standard InChI is InChI=1S/C28H36N2O4.CH2/c1-28(19-23-11-5-6-13-25(23)31,26(32)29-17-16-20-8-3-2-4-9-20)30(27(33)34)24-15-14-21-10-7-12-22(24)18-21;/h2-6,8-9,11,13,21-22,24,31H,7,10,12,14-19H2,1H3,(H,29,32)(H,33,34);1H2. The molecule has 0 aromatic heterocycles. The van der Waals surface area contributed by atoms with Crippen LogP contribution in [0.4, 0.5) is 4.79 Å². The van der Waals surface area contributed by atoms with Gasteiger partial charge in [-0.05, 0) is 68.1 Å². The Balaban J connectivity index is 0.00000342. The normalized spacial score (nSPS) is 22.8. The molecule has 4 atom stereocenters. The number of hydrogen-bond acceptors (Lipinski definition) is 3. The summed E-state index contributed by atoms with van der Waals surface area (Å²) in [5.41, 5.74) is 0.351. The highest BCUT2D eigenvalue weighted by Gasteiger charge is 2.49. The van der Waals surface area contributed by atoms with E-state index in [2.05, 4.69) is 5.32 Å². The van der Waals surface area contributed by atoms with Crippen LogP contribution in [0.15, 0.2) is 54.6 Å². The van der Waals surface area contributed by atoms with Crippen molar-refractivity contribution in [2.24, 2.45) is 11.8 Å². The largest absolute Gasteiger partial charge is 0.508 e. The van der Waals surface area contributed by atoms with Crippen molar-refractivity contribution in [2.75, 3.05) is 6.54 Å². The molecule has 35 heavy (non-hydrogen) atoms. The van der Waals surface area contributed by atoms with Crippen molar-refractivity contribution in [3.63, 3.8) is 0 Å². The maximum Gasteiger partial charge on any atom is 0.408 e. The van der Waals surface area contributed by atoms with Crippen molar-refractivity contribution < 1.29 is 19.8 Å². The Labute approximate surface area is 209 Å². The zero-order valence-corrected chi connectivity index (χ0v) is 20.7. The van der Waals surface area contributed by atoms with Crippen LogP contribution in [-0.4, -0.2) is 45.2 Å². The van der Waals surface area contributed by atoms with Crippen LogP contribution in [0.5, 0.6) is 5.75 Å². The van der Waals surface area contributed by atoms with Gasteiger partial charge in [-0.25, -0.2) is 4.79 Å². The first-order valence-electron chi connectivity index (χ1n) is 12.5. The second kappa shape index (κ2) is 11.6. The molecule has 2 aromatic rings. The average molecular weight is 479 g/mol. The van der Waals surface area contributed by atoms with E-state index in [0.717, 1.165) is 37.7 Å². The van der Waals surface area contributed by atoms with Crippen molar-refractivity contribution in [1.82, 2.24) is 10.2 Å². The fourth-order valence-corrected chi connectivity index (χ4v) is 6.11. The Hall–Kier alpha value is -3.02. The number of hydrogen-bond donors (Lipinski definition) is 3. The van der Waals surface area contributed by atoms with Gasteiger partial charge in [-0.2, -0.15) is 0 Å². The zero-order chi connectivity index (χ0) is 24.1. The third-order valence-electron chi connectivity index (χ3n) is 7.87. The number of aromatic hydroxyl groups is 1. The number of nitrogens with one attached hydrogen (secondary N) is 1. The SMILES string of the molecule is CC(Cc1ccccc1O)(C(=O)NCCc1ccccc1)N(C(=O)O)C1CCC2CCCC1C2.[CH2]. The summed E-state index contributed by atoms with van der Waals surface area (Å²) in [6.07, 6.45) is 5.91. The first-order valence-corrected chi connectivity index (χ1v) is 12.5. The van der Waals surface area contributed by atoms with Gasteiger partial charge >= 0.3 is 6.09 Å². The van der Waals surface area contributed by atoms with Crippen LogP contribution in [0.25, 0.3) is 0 Å². The Morgan fingerprint density at radius 2 is 1.74 bits per heavy atom. The highest BCUT2D eigenvalue weighted by atomic mass is 16.4. The van der Waals surface area contributed by atoms with Crippen molar-refractivity contribution >= 4 is 12.0 Å². The van der Waals surface area contributed by atoms with E-state index in [0.29, 0.717) is 24.4 Å². The van der Waals surface area contributed by atoms with E-state index < -0.39 is 11.6 Å². The number of fused-ring (bicyclic) bond motifs is 2. The number of phenolic OH excluding ortho intramolecular Hbond substituents is 1. The summed E-state index contributed by atoms with van der Waals surface area (Å²) >= 11 is 0. The molecule has 0 spiro atoms. The predicted octanol–water partition coefficient (Wildman–Crippen LogP) is 5.33. The molecule has 6 heteroatoms. The van der Waals surface area contributed by atoms with Gasteiger partial charge in [0.15, 0.2) is 0 Å². The summed E-state index contributed by atoms with van der Waals surface area (Å²) in [6, 6.07) is 16.6. The maximum absolute atomic E-state index is 13.7. The average Bonchev–Trinajstić information content (AvgIpc) is 2.83. The van der Waals surface area contributed by atoms with E-state index in [4.69, 9.17) is 0 Å². The topological polar surface area (TPSA) is 89.9 Å². The van der Waals surface area contributed by atoms with Crippen molar-refractivity contribution in [2.45, 2.75) is 69.9 Å². The van der Waals surface area contributed by atoms with E-state index in [-0.39, 0.29) is 37.5 Å². The van der Waals surface area contributed by atoms with Crippen molar-refractivity contribution in [3.8, 4) is 5.75 Å². The number of carbonyl (C=O) groups is 2. The first-order chi connectivity index (χ1) is 16.4. The molecule has 2 fully saturated rings. The molecule has 2 saturated carbocycles. The lowest BCUT2D eigenvalue weighted by Gasteiger charge is -2.50. The molecule has 2 aromatic carbocycles. The smallest absolute Gasteiger partial charge is 0.408 e. The Kier molecular flexibility index (Phi) is 8.82. The summed E-state index contributed by atoms with van der Waals surface area (Å²) in [4.78, 5) is 27.9. The quantitative estimate of drug-likeness (QED) is 0.478. The van der Waals surface area contributed by atoms with Gasteiger partial charge < -0.3 is 15.5 Å². The minimum absolute atomic E-state index is 0. The molecular weight excluding hydrogens is 440 g/mol. The summed E-state index contributed by atoms with van der Waals surface area (Å²) in [6.45, 7) is 2.14. The van der Waals surface area contributed by atoms with Crippen LogP contribution in [0.3, 0.4) is 0 Å². The molecule has 6 nitrogen and oxygen atoms in total. The minimum atomic E-state index is -1.34. The summed E-state index contributed by atoms with van der Waals surface area (Å²) < 4.78 is 0. The summed E-state index contributed by atoms with van der Waals surface area (Å²) in [5.74, 6) is 0.726. The van der Waals surface area contributed by atoms with Gasteiger partial charge in [0.25, 0.3) is 0 Å². The number of phenols is 1. The molecule has 3 N–H and O–H groups in total. The van der Waals surface area contributed by atoms with Crippen LogP contribution < -0.4 is 5.32 Å². The molecule has 2 radical (unpaired) electrons. The molecular formula is C29H38N2O4. The lowest BCUT2D eigenvalue weighted by atomic mass is 9.68. The number of nitrogens with zero attached hydrogens (tertiary/aromatic N) is 1. The van der Waals surface area contributed by atoms with Crippen LogP contribution in [0, 0.1) is 19.3 Å². The van der Waals surface area contributed by atoms with Gasteiger partial charge in [0.1, 0.15) is 11.3 Å². The fourth-order valence-electron chi connectivity index (χ4n) is 6.11. The number of benzene rings is 2. The summed E-state index contributed by atoms with van der Waals surface area (Å²) in [7, 11) is 0. The van der Waals surface area contributed by atoms with Crippen LogP contribution in [-0.2, 0) is 17.6 Å². The third kappa shape index (κ3) is 5.98. The van der Waals surface area contributed by atoms with E-state index in [9.17, 15) is 19.8 Å². The van der Waals surface area contributed by atoms with Crippen LogP contribution >= 0.6 is 0 Å². The van der Waals surface area contributed by atoms with Gasteiger partial charge in [0.2, 0.25) is 5.91 Å². The van der Waals surface area contributed by atoms with Gasteiger partial charge in [0.05, 0.1) is 0 Å². The molecule has 2 aliphatic rings.